The van der Waals surface area contributed by atoms with Crippen molar-refractivity contribution >= 4 is 0 Å². The monoisotopic (exact) mass is 193 g/mol. The van der Waals surface area contributed by atoms with Crippen molar-refractivity contribution in [3.05, 3.63) is 35.6 Å². The van der Waals surface area contributed by atoms with E-state index < -0.39 is 0 Å². The van der Waals surface area contributed by atoms with Gasteiger partial charge in [-0.25, -0.2) is 4.39 Å². The average Bonchev–Trinajstić information content (AvgIpc) is 3.00. The highest BCUT2D eigenvalue weighted by Gasteiger charge is 2.27. The van der Waals surface area contributed by atoms with Gasteiger partial charge >= 0.3 is 0 Å². The second-order valence-corrected chi connectivity index (χ2v) is 4.13. The number of benzene rings is 1. The lowest BCUT2D eigenvalue weighted by Gasteiger charge is -2.12. The van der Waals surface area contributed by atoms with Gasteiger partial charge in [0.15, 0.2) is 0 Å². The van der Waals surface area contributed by atoms with E-state index >= 15 is 0 Å². The van der Waals surface area contributed by atoms with Gasteiger partial charge in [0.1, 0.15) is 5.82 Å². The molecule has 0 bridgehead atoms. The summed E-state index contributed by atoms with van der Waals surface area (Å²) in [6.07, 6.45) is 2.72. The van der Waals surface area contributed by atoms with E-state index in [-0.39, 0.29) is 5.82 Å². The van der Waals surface area contributed by atoms with Crippen LogP contribution in [0.3, 0.4) is 0 Å². The molecule has 0 spiro atoms. The maximum absolute atomic E-state index is 12.6. The van der Waals surface area contributed by atoms with Crippen LogP contribution in [-0.4, -0.2) is 6.04 Å². The first-order valence-electron chi connectivity index (χ1n) is 5.23. The molecule has 1 saturated carbocycles. The van der Waals surface area contributed by atoms with E-state index in [9.17, 15) is 4.39 Å². The summed E-state index contributed by atoms with van der Waals surface area (Å²) < 4.78 is 12.6. The third-order valence-corrected chi connectivity index (χ3v) is 2.87. The minimum atomic E-state index is -0.163. The zero-order valence-electron chi connectivity index (χ0n) is 8.46. The molecule has 1 nitrogen and oxygen atoms in total. The minimum Gasteiger partial charge on any atom is -0.310 e. The maximum Gasteiger partial charge on any atom is 0.123 e. The van der Waals surface area contributed by atoms with Crippen LogP contribution in [0.5, 0.6) is 0 Å². The highest BCUT2D eigenvalue weighted by Crippen LogP contribution is 2.32. The van der Waals surface area contributed by atoms with E-state index in [4.69, 9.17) is 0 Å². The van der Waals surface area contributed by atoms with Gasteiger partial charge in [-0.15, -0.1) is 0 Å². The van der Waals surface area contributed by atoms with E-state index in [0.29, 0.717) is 6.04 Å². The molecule has 1 aliphatic rings. The Balaban J connectivity index is 1.82. The predicted octanol–water partition coefficient (Wildman–Crippen LogP) is 2.71. The number of hydrogen-bond donors (Lipinski definition) is 1. The van der Waals surface area contributed by atoms with Crippen LogP contribution in [0.2, 0.25) is 0 Å². The third kappa shape index (κ3) is 2.55. The summed E-state index contributed by atoms with van der Waals surface area (Å²) in [7, 11) is 0. The summed E-state index contributed by atoms with van der Waals surface area (Å²) >= 11 is 0. The average molecular weight is 193 g/mol. The van der Waals surface area contributed by atoms with E-state index in [1.54, 1.807) is 0 Å². The molecule has 1 N–H and O–H groups in total. The van der Waals surface area contributed by atoms with Crippen molar-refractivity contribution in [3.8, 4) is 0 Å². The smallest absolute Gasteiger partial charge is 0.123 e. The molecular weight excluding hydrogens is 177 g/mol. The highest BCUT2D eigenvalue weighted by molar-refractivity contribution is 5.15. The van der Waals surface area contributed by atoms with Crippen LogP contribution in [0.25, 0.3) is 0 Å². The van der Waals surface area contributed by atoms with E-state index in [0.717, 1.165) is 18.0 Å². The molecule has 14 heavy (non-hydrogen) atoms. The lowest BCUT2D eigenvalue weighted by molar-refractivity contribution is 0.496. The lowest BCUT2D eigenvalue weighted by Crippen LogP contribution is -2.27. The van der Waals surface area contributed by atoms with Gasteiger partial charge < -0.3 is 5.32 Å². The molecule has 0 aromatic heterocycles. The van der Waals surface area contributed by atoms with Crippen LogP contribution in [-0.2, 0) is 6.54 Å². The molecule has 0 saturated heterocycles. The molecule has 0 heterocycles. The molecule has 0 unspecified atom stereocenters. The zero-order chi connectivity index (χ0) is 9.97. The minimum absolute atomic E-state index is 0.163. The van der Waals surface area contributed by atoms with E-state index in [2.05, 4.69) is 12.2 Å². The summed E-state index contributed by atoms with van der Waals surface area (Å²) in [5.41, 5.74) is 1.15. The summed E-state index contributed by atoms with van der Waals surface area (Å²) in [5.74, 6) is 0.708. The van der Waals surface area contributed by atoms with Gasteiger partial charge in [0.25, 0.3) is 0 Å². The molecule has 2 heteroatoms. The fourth-order valence-electron chi connectivity index (χ4n) is 1.64. The van der Waals surface area contributed by atoms with Gasteiger partial charge in [0, 0.05) is 12.6 Å². The van der Waals surface area contributed by atoms with Crippen molar-refractivity contribution < 1.29 is 4.39 Å². The fourth-order valence-corrected chi connectivity index (χ4v) is 1.64. The summed E-state index contributed by atoms with van der Waals surface area (Å²) in [4.78, 5) is 0. The van der Waals surface area contributed by atoms with Crippen LogP contribution in [0, 0.1) is 11.7 Å². The third-order valence-electron chi connectivity index (χ3n) is 2.87. The first-order valence-corrected chi connectivity index (χ1v) is 5.23. The molecule has 0 aliphatic heterocycles. The van der Waals surface area contributed by atoms with Crippen LogP contribution >= 0.6 is 0 Å². The molecular formula is C12H16FN. The van der Waals surface area contributed by atoms with E-state index in [1.165, 1.54) is 25.0 Å². The highest BCUT2D eigenvalue weighted by atomic mass is 19.1. The first kappa shape index (κ1) is 9.66. The number of rotatable bonds is 4. The molecule has 2 rings (SSSR count). The SMILES string of the molecule is C[C@H](NCc1ccc(F)cc1)C1CC1. The van der Waals surface area contributed by atoms with Crippen LogP contribution < -0.4 is 5.32 Å². The molecule has 1 aliphatic carbocycles. The van der Waals surface area contributed by atoms with Crippen molar-refractivity contribution in [3.63, 3.8) is 0 Å². The van der Waals surface area contributed by atoms with Crippen LogP contribution in [0.4, 0.5) is 4.39 Å². The summed E-state index contributed by atoms with van der Waals surface area (Å²) in [5, 5.41) is 3.46. The van der Waals surface area contributed by atoms with Crippen molar-refractivity contribution in [2.75, 3.05) is 0 Å². The topological polar surface area (TPSA) is 12.0 Å². The van der Waals surface area contributed by atoms with Gasteiger partial charge in [0.05, 0.1) is 0 Å². The summed E-state index contributed by atoms with van der Waals surface area (Å²) in [6.45, 7) is 3.07. The second-order valence-electron chi connectivity index (χ2n) is 4.13. The molecule has 1 atom stereocenters. The molecule has 76 valence electrons. The van der Waals surface area contributed by atoms with Gasteiger partial charge in [0.2, 0.25) is 0 Å². The fraction of sp³-hybridized carbons (Fsp3) is 0.500. The maximum atomic E-state index is 12.6. The molecule has 1 aromatic carbocycles. The first-order chi connectivity index (χ1) is 6.75. The Morgan fingerprint density at radius 1 is 1.36 bits per heavy atom. The number of halogens is 1. The van der Waals surface area contributed by atoms with Gasteiger partial charge in [-0.2, -0.15) is 0 Å². The number of hydrogen-bond acceptors (Lipinski definition) is 1. The van der Waals surface area contributed by atoms with Crippen LogP contribution in [0.15, 0.2) is 24.3 Å². The van der Waals surface area contributed by atoms with Gasteiger partial charge in [-0.1, -0.05) is 12.1 Å². The Labute approximate surface area is 84.3 Å². The normalized spacial score (nSPS) is 18.1. The van der Waals surface area contributed by atoms with Crippen molar-refractivity contribution in [2.24, 2.45) is 5.92 Å². The van der Waals surface area contributed by atoms with Crippen molar-refractivity contribution in [2.45, 2.75) is 32.4 Å². The zero-order valence-corrected chi connectivity index (χ0v) is 8.46. The van der Waals surface area contributed by atoms with Crippen LogP contribution in [0.1, 0.15) is 25.3 Å². The Morgan fingerprint density at radius 2 is 2.00 bits per heavy atom. The van der Waals surface area contributed by atoms with Gasteiger partial charge in [-0.3, -0.25) is 0 Å². The standard InChI is InChI=1S/C12H16FN/c1-9(11-4-5-11)14-8-10-2-6-12(13)7-3-10/h2-3,6-7,9,11,14H,4-5,8H2,1H3/t9-/m0/s1. The van der Waals surface area contributed by atoms with Gasteiger partial charge in [-0.05, 0) is 43.4 Å². The quantitative estimate of drug-likeness (QED) is 0.775. The molecule has 1 aromatic rings. The lowest BCUT2D eigenvalue weighted by atomic mass is 10.2. The Kier molecular flexibility index (Phi) is 2.82. The summed E-state index contributed by atoms with van der Waals surface area (Å²) in [6, 6.07) is 7.29. The molecule has 1 fully saturated rings. The van der Waals surface area contributed by atoms with E-state index in [1.807, 2.05) is 12.1 Å². The molecule has 0 radical (unpaired) electrons. The van der Waals surface area contributed by atoms with Crippen molar-refractivity contribution in [1.29, 1.82) is 0 Å². The Bertz CT molecular complexity index is 290. The largest absolute Gasteiger partial charge is 0.310 e. The number of nitrogens with one attached hydrogen (secondary N) is 1. The second kappa shape index (κ2) is 4.09. The Morgan fingerprint density at radius 3 is 2.57 bits per heavy atom. The predicted molar refractivity (Wildman–Crippen MR) is 55.4 cm³/mol. The Hall–Kier alpha value is -0.890. The molecule has 0 amide bonds. The van der Waals surface area contributed by atoms with Crippen molar-refractivity contribution in [1.82, 2.24) is 5.32 Å².